The van der Waals surface area contributed by atoms with Crippen molar-refractivity contribution in [2.45, 2.75) is 44.8 Å². The summed E-state index contributed by atoms with van der Waals surface area (Å²) in [6, 6.07) is 0.00649. The van der Waals surface area contributed by atoms with Gasteiger partial charge in [-0.3, -0.25) is 4.79 Å². The maximum Gasteiger partial charge on any atom is 0.389 e. The smallest absolute Gasteiger partial charge is 0.359 e. The van der Waals surface area contributed by atoms with Gasteiger partial charge in [0.25, 0.3) is 0 Å². The van der Waals surface area contributed by atoms with Crippen molar-refractivity contribution >= 4 is 5.91 Å². The summed E-state index contributed by atoms with van der Waals surface area (Å²) in [5.74, 6) is -0.0741. The summed E-state index contributed by atoms with van der Waals surface area (Å²) in [4.78, 5) is 10.8. The molecule has 0 spiro atoms. The third-order valence-corrected chi connectivity index (χ3v) is 2.22. The van der Waals surface area contributed by atoms with Crippen LogP contribution in [0.4, 0.5) is 13.2 Å². The molecule has 0 heterocycles. The van der Waals surface area contributed by atoms with Gasteiger partial charge in [0.15, 0.2) is 0 Å². The number of amides is 1. The van der Waals surface area contributed by atoms with Gasteiger partial charge in [-0.05, 0) is 19.8 Å². The molecule has 3 nitrogen and oxygen atoms in total. The molecule has 0 saturated heterocycles. The number of halogens is 3. The number of nitrogens with one attached hydrogen (secondary N) is 2. The second-order valence-electron chi connectivity index (χ2n) is 3.79. The molecule has 0 fully saturated rings. The summed E-state index contributed by atoms with van der Waals surface area (Å²) in [5, 5.41) is 5.48. The molecule has 0 aromatic carbocycles. The Balaban J connectivity index is 3.45. The van der Waals surface area contributed by atoms with Gasteiger partial charge >= 0.3 is 6.18 Å². The van der Waals surface area contributed by atoms with Crippen molar-refractivity contribution in [3.05, 3.63) is 0 Å². The lowest BCUT2D eigenvalue weighted by atomic mass is 10.1. The maximum absolute atomic E-state index is 11.8. The van der Waals surface area contributed by atoms with Crippen molar-refractivity contribution in [1.82, 2.24) is 10.6 Å². The van der Waals surface area contributed by atoms with E-state index in [2.05, 4.69) is 10.6 Å². The van der Waals surface area contributed by atoms with Crippen LogP contribution in [0.5, 0.6) is 0 Å². The van der Waals surface area contributed by atoms with E-state index in [9.17, 15) is 18.0 Å². The standard InChI is InChI=1S/C10H19F3N2O/c1-8(4-3-6-10(11,12)13)15-7-5-9(16)14-2/h8,15H,3-7H2,1-2H3,(H,14,16). The molecule has 2 N–H and O–H groups in total. The van der Waals surface area contributed by atoms with Crippen molar-refractivity contribution in [3.63, 3.8) is 0 Å². The largest absolute Gasteiger partial charge is 0.389 e. The fourth-order valence-corrected chi connectivity index (χ4v) is 1.27. The Morgan fingerprint density at radius 1 is 1.38 bits per heavy atom. The SMILES string of the molecule is CNC(=O)CCNC(C)CCCC(F)(F)F. The predicted molar refractivity (Wildman–Crippen MR) is 56.1 cm³/mol. The molecule has 0 radical (unpaired) electrons. The molecular formula is C10H19F3N2O. The zero-order chi connectivity index (χ0) is 12.6. The number of alkyl halides is 3. The molecule has 0 aliphatic rings. The van der Waals surface area contributed by atoms with E-state index in [1.165, 1.54) is 0 Å². The first-order valence-corrected chi connectivity index (χ1v) is 5.36. The van der Waals surface area contributed by atoms with Crippen LogP contribution < -0.4 is 10.6 Å². The van der Waals surface area contributed by atoms with Gasteiger partial charge in [-0.25, -0.2) is 0 Å². The van der Waals surface area contributed by atoms with E-state index in [0.29, 0.717) is 19.4 Å². The van der Waals surface area contributed by atoms with E-state index in [1.807, 2.05) is 6.92 Å². The second-order valence-corrected chi connectivity index (χ2v) is 3.79. The molecule has 0 aromatic rings. The Bertz CT molecular complexity index is 207. The first-order chi connectivity index (χ1) is 7.35. The lowest BCUT2D eigenvalue weighted by Gasteiger charge is -2.13. The van der Waals surface area contributed by atoms with Crippen LogP contribution in [0, 0.1) is 0 Å². The Morgan fingerprint density at radius 3 is 2.50 bits per heavy atom. The molecular weight excluding hydrogens is 221 g/mol. The van der Waals surface area contributed by atoms with Gasteiger partial charge in [-0.1, -0.05) is 0 Å². The number of rotatable bonds is 7. The zero-order valence-electron chi connectivity index (χ0n) is 9.66. The molecule has 16 heavy (non-hydrogen) atoms. The highest BCUT2D eigenvalue weighted by molar-refractivity contribution is 5.75. The average molecular weight is 240 g/mol. The number of carbonyl (C=O) groups excluding carboxylic acids is 1. The summed E-state index contributed by atoms with van der Waals surface area (Å²) in [7, 11) is 1.55. The summed E-state index contributed by atoms with van der Waals surface area (Å²) in [6.07, 6.45) is -3.87. The van der Waals surface area contributed by atoms with Crippen LogP contribution in [-0.4, -0.2) is 31.7 Å². The van der Waals surface area contributed by atoms with E-state index in [4.69, 9.17) is 0 Å². The predicted octanol–water partition coefficient (Wildman–Crippen LogP) is 1.83. The molecule has 0 bridgehead atoms. The van der Waals surface area contributed by atoms with E-state index < -0.39 is 12.6 Å². The molecule has 0 aromatic heterocycles. The van der Waals surface area contributed by atoms with E-state index in [0.717, 1.165) is 0 Å². The molecule has 0 aliphatic heterocycles. The number of carbonyl (C=O) groups is 1. The highest BCUT2D eigenvalue weighted by Crippen LogP contribution is 2.22. The minimum atomic E-state index is -4.07. The molecule has 0 aliphatic carbocycles. The monoisotopic (exact) mass is 240 g/mol. The van der Waals surface area contributed by atoms with Crippen LogP contribution in [0.3, 0.4) is 0 Å². The van der Waals surface area contributed by atoms with Crippen LogP contribution in [0.15, 0.2) is 0 Å². The summed E-state index contributed by atoms with van der Waals surface area (Å²) in [5.41, 5.74) is 0. The molecule has 0 rings (SSSR count). The molecule has 1 unspecified atom stereocenters. The van der Waals surface area contributed by atoms with Gasteiger partial charge in [0.1, 0.15) is 0 Å². The molecule has 1 amide bonds. The fourth-order valence-electron chi connectivity index (χ4n) is 1.27. The maximum atomic E-state index is 11.8. The summed E-state index contributed by atoms with van der Waals surface area (Å²) < 4.78 is 35.5. The topological polar surface area (TPSA) is 41.1 Å². The van der Waals surface area contributed by atoms with E-state index in [1.54, 1.807) is 7.05 Å². The quantitative estimate of drug-likeness (QED) is 0.713. The Morgan fingerprint density at radius 2 is 2.00 bits per heavy atom. The van der Waals surface area contributed by atoms with Gasteiger partial charge in [0.05, 0.1) is 0 Å². The van der Waals surface area contributed by atoms with Crippen LogP contribution >= 0.6 is 0 Å². The summed E-state index contributed by atoms with van der Waals surface area (Å²) in [6.45, 7) is 2.31. The van der Waals surface area contributed by atoms with Crippen molar-refractivity contribution < 1.29 is 18.0 Å². The molecule has 0 saturated carbocycles. The van der Waals surface area contributed by atoms with Gasteiger partial charge in [0, 0.05) is 32.5 Å². The lowest BCUT2D eigenvalue weighted by Crippen LogP contribution is -2.31. The van der Waals surface area contributed by atoms with E-state index in [-0.39, 0.29) is 18.4 Å². The minimum absolute atomic E-state index is 0.00649. The fraction of sp³-hybridized carbons (Fsp3) is 0.900. The third kappa shape index (κ3) is 9.76. The lowest BCUT2D eigenvalue weighted by molar-refractivity contribution is -0.135. The first kappa shape index (κ1) is 15.2. The molecule has 6 heteroatoms. The molecule has 1 atom stereocenters. The van der Waals surface area contributed by atoms with Gasteiger partial charge in [-0.15, -0.1) is 0 Å². The van der Waals surface area contributed by atoms with E-state index >= 15 is 0 Å². The van der Waals surface area contributed by atoms with Crippen molar-refractivity contribution in [1.29, 1.82) is 0 Å². The first-order valence-electron chi connectivity index (χ1n) is 5.36. The second kappa shape index (κ2) is 7.49. The van der Waals surface area contributed by atoms with Crippen LogP contribution in [0.25, 0.3) is 0 Å². The Hall–Kier alpha value is -0.780. The van der Waals surface area contributed by atoms with Gasteiger partial charge in [-0.2, -0.15) is 13.2 Å². The van der Waals surface area contributed by atoms with Crippen LogP contribution in [0.1, 0.15) is 32.6 Å². The van der Waals surface area contributed by atoms with Gasteiger partial charge in [0.2, 0.25) is 5.91 Å². The van der Waals surface area contributed by atoms with Crippen LogP contribution in [-0.2, 0) is 4.79 Å². The zero-order valence-corrected chi connectivity index (χ0v) is 9.66. The number of hydrogen-bond acceptors (Lipinski definition) is 2. The normalized spacial score (nSPS) is 13.6. The molecule has 96 valence electrons. The Kier molecular flexibility index (Phi) is 7.12. The third-order valence-electron chi connectivity index (χ3n) is 2.22. The van der Waals surface area contributed by atoms with Crippen LogP contribution in [0.2, 0.25) is 0 Å². The van der Waals surface area contributed by atoms with Crippen molar-refractivity contribution in [2.75, 3.05) is 13.6 Å². The highest BCUT2D eigenvalue weighted by atomic mass is 19.4. The van der Waals surface area contributed by atoms with Gasteiger partial charge < -0.3 is 10.6 Å². The van der Waals surface area contributed by atoms with Crippen molar-refractivity contribution in [3.8, 4) is 0 Å². The number of hydrogen-bond donors (Lipinski definition) is 2. The highest BCUT2D eigenvalue weighted by Gasteiger charge is 2.26. The summed E-state index contributed by atoms with van der Waals surface area (Å²) >= 11 is 0. The average Bonchev–Trinajstić information content (AvgIpc) is 2.15. The Labute approximate surface area is 93.8 Å². The van der Waals surface area contributed by atoms with Crippen molar-refractivity contribution in [2.24, 2.45) is 0 Å². The minimum Gasteiger partial charge on any atom is -0.359 e.